The van der Waals surface area contributed by atoms with Crippen molar-refractivity contribution in [3.63, 3.8) is 0 Å². The van der Waals surface area contributed by atoms with Gasteiger partial charge in [-0.1, -0.05) is 36.4 Å². The number of rotatable bonds is 4. The summed E-state index contributed by atoms with van der Waals surface area (Å²) in [6.07, 6.45) is -0.119. The van der Waals surface area contributed by atoms with Crippen LogP contribution in [0.4, 0.5) is 0 Å². The Morgan fingerprint density at radius 1 is 1.00 bits per heavy atom. The van der Waals surface area contributed by atoms with Gasteiger partial charge < -0.3 is 20.3 Å². The summed E-state index contributed by atoms with van der Waals surface area (Å²) in [5.74, 6) is 1.43. The summed E-state index contributed by atoms with van der Waals surface area (Å²) in [5, 5.41) is 10.3. The highest BCUT2D eigenvalue weighted by molar-refractivity contribution is 5.85. The van der Waals surface area contributed by atoms with Crippen molar-refractivity contribution >= 4 is 12.4 Å². The van der Waals surface area contributed by atoms with Crippen LogP contribution >= 0.6 is 12.4 Å². The van der Waals surface area contributed by atoms with Crippen LogP contribution in [0.5, 0.6) is 11.5 Å². The average Bonchev–Trinajstić information content (AvgIpc) is 2.54. The maximum absolute atomic E-state index is 10.3. The summed E-state index contributed by atoms with van der Waals surface area (Å²) in [5.41, 5.74) is 8.09. The first-order chi connectivity index (χ1) is 10.2. The zero-order valence-corrected chi connectivity index (χ0v) is 13.0. The van der Waals surface area contributed by atoms with Crippen LogP contribution in [-0.2, 0) is 6.42 Å². The zero-order chi connectivity index (χ0) is 14.7. The molecule has 0 aliphatic carbocycles. The van der Waals surface area contributed by atoms with E-state index >= 15 is 0 Å². The summed E-state index contributed by atoms with van der Waals surface area (Å²) in [6.45, 7) is 1.10. The Hall–Kier alpha value is -1.75. The highest BCUT2D eigenvalue weighted by atomic mass is 35.5. The van der Waals surface area contributed by atoms with Gasteiger partial charge in [0.2, 0.25) is 0 Å². The molecule has 1 heterocycles. The molecule has 22 heavy (non-hydrogen) atoms. The predicted molar refractivity (Wildman–Crippen MR) is 87.8 cm³/mol. The third-order valence-corrected chi connectivity index (χ3v) is 3.65. The van der Waals surface area contributed by atoms with Crippen molar-refractivity contribution in [1.82, 2.24) is 0 Å². The van der Waals surface area contributed by atoms with Crippen molar-refractivity contribution < 1.29 is 14.6 Å². The number of nitrogens with two attached hydrogens (primary N) is 1. The lowest BCUT2D eigenvalue weighted by Gasteiger charge is -2.23. The van der Waals surface area contributed by atoms with Crippen LogP contribution in [0.3, 0.4) is 0 Å². The smallest absolute Gasteiger partial charge is 0.161 e. The number of halogens is 1. The molecule has 118 valence electrons. The van der Waals surface area contributed by atoms with Crippen molar-refractivity contribution in [2.75, 3.05) is 13.2 Å². The van der Waals surface area contributed by atoms with E-state index in [1.54, 1.807) is 0 Å². The molecule has 0 saturated heterocycles. The summed E-state index contributed by atoms with van der Waals surface area (Å²) in [7, 11) is 0. The lowest BCUT2D eigenvalue weighted by molar-refractivity contribution is 0.144. The van der Waals surface area contributed by atoms with Gasteiger partial charge in [0.1, 0.15) is 13.2 Å². The van der Waals surface area contributed by atoms with Crippen LogP contribution in [0, 0.1) is 0 Å². The number of fused-ring (bicyclic) bond motifs is 1. The van der Waals surface area contributed by atoms with E-state index in [1.165, 1.54) is 0 Å². The van der Waals surface area contributed by atoms with Gasteiger partial charge in [0.25, 0.3) is 0 Å². The highest BCUT2D eigenvalue weighted by Crippen LogP contribution is 2.33. The summed E-state index contributed by atoms with van der Waals surface area (Å²) >= 11 is 0. The molecule has 0 saturated carbocycles. The van der Waals surface area contributed by atoms with Gasteiger partial charge in [0, 0.05) is 6.42 Å². The minimum Gasteiger partial charge on any atom is -0.486 e. The molecule has 4 nitrogen and oxygen atoms in total. The number of hydrogen-bond acceptors (Lipinski definition) is 4. The minimum atomic E-state index is -0.644. The predicted octanol–water partition coefficient (Wildman–Crippen LogP) is 2.48. The topological polar surface area (TPSA) is 64.7 Å². The first-order valence-electron chi connectivity index (χ1n) is 7.11. The average molecular weight is 322 g/mol. The molecule has 2 aromatic carbocycles. The van der Waals surface area contributed by atoms with Crippen LogP contribution in [0.1, 0.15) is 17.2 Å². The van der Waals surface area contributed by atoms with Gasteiger partial charge >= 0.3 is 0 Å². The number of benzene rings is 2. The standard InChI is InChI=1S/C17H19NO3.ClH/c18-17(14(19)10-12-4-2-1-3-5-12)13-6-7-15-16(11-13)21-9-8-20-15;/h1-7,11,14,17,19H,8-10,18H2;1H/t14-,17+;/m1./s1. The molecule has 1 aliphatic heterocycles. The van der Waals surface area contributed by atoms with Gasteiger partial charge in [-0.2, -0.15) is 0 Å². The fraction of sp³-hybridized carbons (Fsp3) is 0.294. The largest absolute Gasteiger partial charge is 0.486 e. The Kier molecular flexibility index (Phi) is 5.66. The molecule has 2 aromatic rings. The summed E-state index contributed by atoms with van der Waals surface area (Å²) in [6, 6.07) is 15.0. The monoisotopic (exact) mass is 321 g/mol. The number of aliphatic hydroxyl groups excluding tert-OH is 1. The molecule has 0 amide bonds. The van der Waals surface area contributed by atoms with E-state index in [1.807, 2.05) is 48.5 Å². The van der Waals surface area contributed by atoms with E-state index < -0.39 is 12.1 Å². The molecule has 0 unspecified atom stereocenters. The SMILES string of the molecule is Cl.N[C@@H](c1ccc2c(c1)OCCO2)[C@H](O)Cc1ccccc1. The van der Waals surface area contributed by atoms with Crippen LogP contribution in [-0.4, -0.2) is 24.4 Å². The van der Waals surface area contributed by atoms with E-state index in [4.69, 9.17) is 15.2 Å². The Bertz CT molecular complexity index is 606. The Labute approximate surface area is 136 Å². The molecule has 3 rings (SSSR count). The van der Waals surface area contributed by atoms with Crippen molar-refractivity contribution in [3.05, 3.63) is 59.7 Å². The Morgan fingerprint density at radius 2 is 1.68 bits per heavy atom. The number of ether oxygens (including phenoxy) is 2. The van der Waals surface area contributed by atoms with Crippen molar-refractivity contribution in [2.45, 2.75) is 18.6 Å². The molecule has 0 bridgehead atoms. The van der Waals surface area contributed by atoms with Crippen LogP contribution in [0.15, 0.2) is 48.5 Å². The molecular weight excluding hydrogens is 302 g/mol. The fourth-order valence-corrected chi connectivity index (χ4v) is 2.47. The number of aliphatic hydroxyl groups is 1. The second-order valence-electron chi connectivity index (χ2n) is 5.19. The molecule has 5 heteroatoms. The summed E-state index contributed by atoms with van der Waals surface area (Å²) in [4.78, 5) is 0. The highest BCUT2D eigenvalue weighted by Gasteiger charge is 2.20. The van der Waals surface area contributed by atoms with Gasteiger partial charge in [-0.3, -0.25) is 0 Å². The maximum atomic E-state index is 10.3. The lowest BCUT2D eigenvalue weighted by atomic mass is 9.96. The van der Waals surface area contributed by atoms with Gasteiger partial charge in [0.05, 0.1) is 12.1 Å². The van der Waals surface area contributed by atoms with Gasteiger partial charge in [0.15, 0.2) is 11.5 Å². The number of hydrogen-bond donors (Lipinski definition) is 2. The first kappa shape index (κ1) is 16.6. The van der Waals surface area contributed by atoms with E-state index in [9.17, 15) is 5.11 Å². The van der Waals surface area contributed by atoms with E-state index in [0.717, 1.165) is 16.9 Å². The Morgan fingerprint density at radius 3 is 2.41 bits per heavy atom. The molecule has 0 aromatic heterocycles. The van der Waals surface area contributed by atoms with Crippen molar-refractivity contribution in [1.29, 1.82) is 0 Å². The van der Waals surface area contributed by atoms with Crippen LogP contribution in [0.2, 0.25) is 0 Å². The quantitative estimate of drug-likeness (QED) is 0.908. The molecule has 2 atom stereocenters. The van der Waals surface area contributed by atoms with Gasteiger partial charge in [-0.15, -0.1) is 12.4 Å². The van der Waals surface area contributed by atoms with E-state index in [0.29, 0.717) is 25.4 Å². The van der Waals surface area contributed by atoms with Gasteiger partial charge in [-0.25, -0.2) is 0 Å². The van der Waals surface area contributed by atoms with E-state index in [2.05, 4.69) is 0 Å². The normalized spacial score (nSPS) is 15.5. The second kappa shape index (κ2) is 7.49. The third kappa shape index (κ3) is 3.71. The fourth-order valence-electron chi connectivity index (χ4n) is 2.47. The molecule has 0 spiro atoms. The van der Waals surface area contributed by atoms with Crippen LogP contribution < -0.4 is 15.2 Å². The zero-order valence-electron chi connectivity index (χ0n) is 12.1. The molecule has 0 fully saturated rings. The minimum absolute atomic E-state index is 0. The molecule has 0 radical (unpaired) electrons. The molecular formula is C17H20ClNO3. The van der Waals surface area contributed by atoms with Crippen LogP contribution in [0.25, 0.3) is 0 Å². The maximum Gasteiger partial charge on any atom is 0.161 e. The van der Waals surface area contributed by atoms with E-state index in [-0.39, 0.29) is 12.4 Å². The molecule has 3 N–H and O–H groups in total. The Balaban J connectivity index is 0.00000176. The van der Waals surface area contributed by atoms with Gasteiger partial charge in [-0.05, 0) is 23.3 Å². The third-order valence-electron chi connectivity index (χ3n) is 3.65. The summed E-state index contributed by atoms with van der Waals surface area (Å²) < 4.78 is 11.0. The lowest BCUT2D eigenvalue weighted by Crippen LogP contribution is -2.28. The van der Waals surface area contributed by atoms with Crippen molar-refractivity contribution in [2.24, 2.45) is 5.73 Å². The second-order valence-corrected chi connectivity index (χ2v) is 5.19. The van der Waals surface area contributed by atoms with Crippen molar-refractivity contribution in [3.8, 4) is 11.5 Å². The molecule has 1 aliphatic rings. The first-order valence-corrected chi connectivity index (χ1v) is 7.11.